The summed E-state index contributed by atoms with van der Waals surface area (Å²) in [6.07, 6.45) is 0.432. The minimum Gasteiger partial charge on any atom is -0.494 e. The second-order valence-electron chi connectivity index (χ2n) is 8.37. The molecular formula is C25H19F2N7O4S. The Morgan fingerprint density at radius 1 is 1.13 bits per heavy atom. The fraction of sp³-hybridized carbons (Fsp3) is 0.240. The van der Waals surface area contributed by atoms with Crippen LogP contribution in [0.2, 0.25) is 0 Å². The summed E-state index contributed by atoms with van der Waals surface area (Å²) in [5.74, 6) is 5.62. The summed E-state index contributed by atoms with van der Waals surface area (Å²) in [6.45, 7) is 1.28. The summed E-state index contributed by atoms with van der Waals surface area (Å²) in [5.41, 5.74) is 0.382. The second-order valence-corrected chi connectivity index (χ2v) is 9.35. The van der Waals surface area contributed by atoms with Crippen LogP contribution in [0.5, 0.6) is 5.75 Å². The van der Waals surface area contributed by atoms with E-state index in [0.29, 0.717) is 16.5 Å². The molecule has 1 aliphatic rings. The van der Waals surface area contributed by atoms with Crippen molar-refractivity contribution in [3.63, 3.8) is 0 Å². The Labute approximate surface area is 224 Å². The minimum absolute atomic E-state index is 0.0251. The molecule has 2 N–H and O–H groups in total. The van der Waals surface area contributed by atoms with Gasteiger partial charge in [0.15, 0.2) is 5.01 Å². The van der Waals surface area contributed by atoms with Crippen LogP contribution in [0.1, 0.15) is 47.3 Å². The quantitative estimate of drug-likeness (QED) is 0.316. The normalized spacial score (nSPS) is 12.5. The van der Waals surface area contributed by atoms with E-state index in [2.05, 4.69) is 47.9 Å². The number of amides is 2. The summed E-state index contributed by atoms with van der Waals surface area (Å²) in [6, 6.07) is 5.54. The van der Waals surface area contributed by atoms with Crippen molar-refractivity contribution >= 4 is 34.3 Å². The standard InChI is InChI=1S/C25H19F2N7O4S/c1-12(35)29-24-33-32-23(38-24)14-6-7-15(16(9-14)17-10-18(21(26)27)28-11-19(17)37-2)22(36)30-25-34-31-20(39-25)8-5-13-3-4-13/h6-7,9-11,13,21H,3-4H2,1-2H3,(H,29,33,35)(H,30,34,36). The molecule has 14 heteroatoms. The summed E-state index contributed by atoms with van der Waals surface area (Å²) in [4.78, 5) is 28.4. The van der Waals surface area contributed by atoms with Gasteiger partial charge in [0.2, 0.25) is 16.9 Å². The first-order valence-corrected chi connectivity index (χ1v) is 12.4. The van der Waals surface area contributed by atoms with Gasteiger partial charge in [-0.15, -0.1) is 15.3 Å². The van der Waals surface area contributed by atoms with Crippen molar-refractivity contribution in [1.29, 1.82) is 0 Å². The van der Waals surface area contributed by atoms with Crippen LogP contribution in [0.15, 0.2) is 34.9 Å². The molecule has 0 spiro atoms. The van der Waals surface area contributed by atoms with E-state index in [1.807, 2.05) is 0 Å². The number of nitrogens with zero attached hydrogens (tertiary/aromatic N) is 5. The first-order chi connectivity index (χ1) is 18.8. The molecule has 0 aliphatic heterocycles. The highest BCUT2D eigenvalue weighted by Crippen LogP contribution is 2.37. The van der Waals surface area contributed by atoms with Gasteiger partial charge in [-0.05, 0) is 48.6 Å². The van der Waals surface area contributed by atoms with E-state index in [1.165, 1.54) is 32.2 Å². The highest BCUT2D eigenvalue weighted by atomic mass is 32.1. The van der Waals surface area contributed by atoms with Gasteiger partial charge in [-0.25, -0.2) is 8.78 Å². The summed E-state index contributed by atoms with van der Waals surface area (Å²) >= 11 is 1.12. The molecule has 1 fully saturated rings. The lowest BCUT2D eigenvalue weighted by atomic mass is 9.96. The Morgan fingerprint density at radius 2 is 1.95 bits per heavy atom. The van der Waals surface area contributed by atoms with E-state index in [4.69, 9.17) is 9.15 Å². The lowest BCUT2D eigenvalue weighted by molar-refractivity contribution is -0.114. The monoisotopic (exact) mass is 551 g/mol. The van der Waals surface area contributed by atoms with Gasteiger partial charge in [-0.2, -0.15) is 0 Å². The van der Waals surface area contributed by atoms with Crippen molar-refractivity contribution in [2.45, 2.75) is 26.2 Å². The molecule has 3 heterocycles. The molecule has 0 radical (unpaired) electrons. The van der Waals surface area contributed by atoms with E-state index in [1.54, 1.807) is 0 Å². The third kappa shape index (κ3) is 6.04. The van der Waals surface area contributed by atoms with E-state index >= 15 is 0 Å². The topological polar surface area (TPSA) is 145 Å². The van der Waals surface area contributed by atoms with Gasteiger partial charge >= 0.3 is 6.01 Å². The number of benzene rings is 1. The number of methoxy groups -OCH3 is 1. The average molecular weight is 552 g/mol. The molecule has 0 atom stereocenters. The van der Waals surface area contributed by atoms with Crippen molar-refractivity contribution < 1.29 is 27.5 Å². The lowest BCUT2D eigenvalue weighted by Gasteiger charge is -2.14. The van der Waals surface area contributed by atoms with Crippen LogP contribution in [0, 0.1) is 17.8 Å². The molecule has 1 aliphatic carbocycles. The van der Waals surface area contributed by atoms with Gasteiger partial charge in [-0.1, -0.05) is 22.4 Å². The number of nitrogens with one attached hydrogen (secondary N) is 2. The molecule has 2 amide bonds. The molecule has 0 unspecified atom stereocenters. The molecule has 1 saturated carbocycles. The maximum absolute atomic E-state index is 13.5. The van der Waals surface area contributed by atoms with Gasteiger partial charge in [0.25, 0.3) is 12.3 Å². The third-order valence-corrected chi connectivity index (χ3v) is 6.20. The maximum Gasteiger partial charge on any atom is 0.322 e. The molecule has 5 rings (SSSR count). The number of anilines is 2. The number of carbonyl (C=O) groups is 2. The number of hydrogen-bond acceptors (Lipinski definition) is 10. The van der Waals surface area contributed by atoms with Crippen LogP contribution < -0.4 is 15.4 Å². The Hall–Kier alpha value is -4.77. The first-order valence-electron chi connectivity index (χ1n) is 11.5. The number of ether oxygens (including phenoxy) is 1. The number of pyridine rings is 1. The Kier molecular flexibility index (Phi) is 7.24. The number of aromatic nitrogens is 5. The van der Waals surface area contributed by atoms with Crippen molar-refractivity contribution in [2.75, 3.05) is 17.7 Å². The van der Waals surface area contributed by atoms with E-state index < -0.39 is 23.9 Å². The van der Waals surface area contributed by atoms with Gasteiger partial charge in [0.1, 0.15) is 11.4 Å². The zero-order valence-corrected chi connectivity index (χ0v) is 21.3. The zero-order chi connectivity index (χ0) is 27.5. The highest BCUT2D eigenvalue weighted by Gasteiger charge is 2.23. The van der Waals surface area contributed by atoms with E-state index in [9.17, 15) is 18.4 Å². The van der Waals surface area contributed by atoms with Crippen molar-refractivity contribution in [2.24, 2.45) is 5.92 Å². The van der Waals surface area contributed by atoms with Gasteiger partial charge in [0.05, 0.1) is 13.3 Å². The molecule has 0 bridgehead atoms. The molecule has 39 heavy (non-hydrogen) atoms. The van der Waals surface area contributed by atoms with Crippen molar-refractivity contribution in [3.05, 3.63) is 46.7 Å². The Bertz CT molecular complexity index is 1620. The molecular weight excluding hydrogens is 532 g/mol. The van der Waals surface area contributed by atoms with Crippen LogP contribution >= 0.6 is 11.3 Å². The first kappa shape index (κ1) is 25.9. The molecule has 11 nitrogen and oxygen atoms in total. The largest absolute Gasteiger partial charge is 0.494 e. The van der Waals surface area contributed by atoms with Crippen LogP contribution in [0.25, 0.3) is 22.6 Å². The van der Waals surface area contributed by atoms with Crippen LogP contribution in [0.4, 0.5) is 19.9 Å². The Balaban J connectivity index is 1.54. The lowest BCUT2D eigenvalue weighted by Crippen LogP contribution is -2.13. The van der Waals surface area contributed by atoms with Gasteiger partial charge in [0, 0.05) is 29.5 Å². The predicted octanol–water partition coefficient (Wildman–Crippen LogP) is 4.57. The van der Waals surface area contributed by atoms with Crippen molar-refractivity contribution in [3.8, 4) is 40.2 Å². The molecule has 198 valence electrons. The maximum atomic E-state index is 13.5. The van der Waals surface area contributed by atoms with Gasteiger partial charge in [-0.3, -0.25) is 25.2 Å². The third-order valence-electron chi connectivity index (χ3n) is 5.45. The second kappa shape index (κ2) is 10.9. The van der Waals surface area contributed by atoms with Crippen LogP contribution in [-0.2, 0) is 4.79 Å². The minimum atomic E-state index is -2.86. The van der Waals surface area contributed by atoms with Crippen molar-refractivity contribution in [1.82, 2.24) is 25.4 Å². The summed E-state index contributed by atoms with van der Waals surface area (Å²) in [5, 5.41) is 21.4. The Morgan fingerprint density at radius 3 is 2.67 bits per heavy atom. The van der Waals surface area contributed by atoms with Crippen LogP contribution in [0.3, 0.4) is 0 Å². The number of hydrogen-bond donors (Lipinski definition) is 2. The summed E-state index contributed by atoms with van der Waals surface area (Å²) < 4.78 is 37.9. The van der Waals surface area contributed by atoms with E-state index in [-0.39, 0.29) is 39.5 Å². The van der Waals surface area contributed by atoms with Gasteiger partial charge < -0.3 is 9.15 Å². The molecule has 3 aromatic heterocycles. The van der Waals surface area contributed by atoms with Crippen LogP contribution in [-0.4, -0.2) is 44.3 Å². The zero-order valence-electron chi connectivity index (χ0n) is 20.5. The van der Waals surface area contributed by atoms with E-state index in [0.717, 1.165) is 36.4 Å². The number of alkyl halides is 2. The molecule has 0 saturated heterocycles. The molecule has 1 aromatic carbocycles. The summed E-state index contributed by atoms with van der Waals surface area (Å²) in [7, 11) is 1.36. The number of carbonyl (C=O) groups excluding carboxylic acids is 2. The molecule has 4 aromatic rings. The predicted molar refractivity (Wildman–Crippen MR) is 136 cm³/mol. The fourth-order valence-electron chi connectivity index (χ4n) is 3.47. The fourth-order valence-corrected chi connectivity index (χ4v) is 4.07. The number of halogens is 2. The highest BCUT2D eigenvalue weighted by molar-refractivity contribution is 7.15. The number of rotatable bonds is 7. The average Bonchev–Trinajstić information content (AvgIpc) is 3.46. The smallest absolute Gasteiger partial charge is 0.322 e. The SMILES string of the molecule is COc1cnc(C(F)F)cc1-c1cc(-c2nnc(NC(C)=O)o2)ccc1C(=O)Nc1nnc(C#CC2CC2)s1.